The minimum absolute atomic E-state index is 0.408. The molecule has 2 aromatic carbocycles. The zero-order valence-corrected chi connectivity index (χ0v) is 13.4. The minimum atomic E-state index is -0.489. The predicted molar refractivity (Wildman–Crippen MR) is 86.4 cm³/mol. The highest BCUT2D eigenvalue weighted by molar-refractivity contribution is 9.10. The van der Waals surface area contributed by atoms with Crippen LogP contribution < -0.4 is 11.1 Å². The van der Waals surface area contributed by atoms with E-state index in [2.05, 4.69) is 21.2 Å². The highest BCUT2D eigenvalue weighted by Gasteiger charge is 2.06. The van der Waals surface area contributed by atoms with E-state index in [-0.39, 0.29) is 0 Å². The number of amides is 1. The predicted octanol–water partition coefficient (Wildman–Crippen LogP) is 4.47. The molecule has 0 aliphatic heterocycles. The van der Waals surface area contributed by atoms with Crippen LogP contribution in [0, 0.1) is 0 Å². The van der Waals surface area contributed by atoms with E-state index in [1.807, 2.05) is 18.2 Å². The summed E-state index contributed by atoms with van der Waals surface area (Å²) in [5.74, 6) is -0.489. The van der Waals surface area contributed by atoms with Crippen molar-refractivity contribution in [3.63, 3.8) is 0 Å². The fraction of sp³-hybridized carbons (Fsp3) is 0.0714. The molecule has 0 aliphatic rings. The number of hydrogen-bond donors (Lipinski definition) is 2. The van der Waals surface area contributed by atoms with E-state index in [1.54, 1.807) is 18.2 Å². The standard InChI is InChI=1S/C14H11BrCl2N2O/c15-10-3-1-8(5-12(10)17)7-19-13-6-9(14(18)20)2-4-11(13)16/h1-6,19H,7H2,(H2,18,20). The van der Waals surface area contributed by atoms with Gasteiger partial charge >= 0.3 is 0 Å². The number of carbonyl (C=O) groups is 1. The van der Waals surface area contributed by atoms with Gasteiger partial charge in [-0.25, -0.2) is 0 Å². The van der Waals surface area contributed by atoms with Crippen molar-refractivity contribution in [2.45, 2.75) is 6.54 Å². The quantitative estimate of drug-likeness (QED) is 0.830. The Labute approximate surface area is 135 Å². The monoisotopic (exact) mass is 372 g/mol. The second kappa shape index (κ2) is 6.48. The molecule has 0 spiro atoms. The van der Waals surface area contributed by atoms with Crippen molar-refractivity contribution >= 4 is 50.7 Å². The van der Waals surface area contributed by atoms with Crippen LogP contribution in [0.15, 0.2) is 40.9 Å². The van der Waals surface area contributed by atoms with Crippen molar-refractivity contribution in [2.24, 2.45) is 5.73 Å². The van der Waals surface area contributed by atoms with Crippen molar-refractivity contribution in [2.75, 3.05) is 5.32 Å². The van der Waals surface area contributed by atoms with Gasteiger partial charge in [0.1, 0.15) is 0 Å². The minimum Gasteiger partial charge on any atom is -0.380 e. The van der Waals surface area contributed by atoms with Gasteiger partial charge in [-0.1, -0.05) is 29.3 Å². The van der Waals surface area contributed by atoms with Gasteiger partial charge in [0.05, 0.1) is 15.7 Å². The molecule has 0 aromatic heterocycles. The van der Waals surface area contributed by atoms with Crippen LogP contribution in [-0.4, -0.2) is 5.91 Å². The molecular formula is C14H11BrCl2N2O. The summed E-state index contributed by atoms with van der Waals surface area (Å²) >= 11 is 15.4. The summed E-state index contributed by atoms with van der Waals surface area (Å²) < 4.78 is 0.844. The van der Waals surface area contributed by atoms with Gasteiger partial charge < -0.3 is 11.1 Å². The van der Waals surface area contributed by atoms with Gasteiger partial charge in [0.2, 0.25) is 5.91 Å². The van der Waals surface area contributed by atoms with E-state index < -0.39 is 5.91 Å². The summed E-state index contributed by atoms with van der Waals surface area (Å²) in [7, 11) is 0. The molecule has 104 valence electrons. The van der Waals surface area contributed by atoms with Crippen molar-refractivity contribution in [3.05, 3.63) is 62.0 Å². The molecule has 2 rings (SSSR count). The Morgan fingerprint density at radius 2 is 1.90 bits per heavy atom. The second-order valence-corrected chi connectivity index (χ2v) is 5.83. The average molecular weight is 374 g/mol. The number of nitrogens with two attached hydrogens (primary N) is 1. The molecule has 3 N–H and O–H groups in total. The molecule has 0 saturated heterocycles. The maximum atomic E-state index is 11.1. The topological polar surface area (TPSA) is 55.1 Å². The molecule has 3 nitrogen and oxygen atoms in total. The van der Waals surface area contributed by atoms with Crippen LogP contribution in [0.3, 0.4) is 0 Å². The van der Waals surface area contributed by atoms with Gasteiger partial charge in [-0.2, -0.15) is 0 Å². The van der Waals surface area contributed by atoms with Gasteiger partial charge in [-0.05, 0) is 51.8 Å². The van der Waals surface area contributed by atoms with E-state index in [9.17, 15) is 4.79 Å². The smallest absolute Gasteiger partial charge is 0.248 e. The Hall–Kier alpha value is -1.23. The third-order valence-electron chi connectivity index (χ3n) is 2.72. The molecule has 0 atom stereocenters. The lowest BCUT2D eigenvalue weighted by Crippen LogP contribution is -2.11. The Morgan fingerprint density at radius 3 is 2.55 bits per heavy atom. The number of primary amides is 1. The van der Waals surface area contributed by atoms with Crippen LogP contribution in [0.4, 0.5) is 5.69 Å². The first-order valence-electron chi connectivity index (χ1n) is 5.74. The number of hydrogen-bond acceptors (Lipinski definition) is 2. The molecule has 0 bridgehead atoms. The second-order valence-electron chi connectivity index (χ2n) is 4.16. The molecule has 0 radical (unpaired) electrons. The lowest BCUT2D eigenvalue weighted by atomic mass is 10.1. The summed E-state index contributed by atoms with van der Waals surface area (Å²) in [5, 5.41) is 4.32. The first kappa shape index (κ1) is 15.2. The zero-order chi connectivity index (χ0) is 14.7. The summed E-state index contributed by atoms with van der Waals surface area (Å²) in [4.78, 5) is 11.1. The average Bonchev–Trinajstić information content (AvgIpc) is 2.41. The van der Waals surface area contributed by atoms with Crippen LogP contribution in [0.2, 0.25) is 10.0 Å². The highest BCUT2D eigenvalue weighted by atomic mass is 79.9. The number of anilines is 1. The first-order valence-corrected chi connectivity index (χ1v) is 7.29. The lowest BCUT2D eigenvalue weighted by molar-refractivity contribution is 0.100. The largest absolute Gasteiger partial charge is 0.380 e. The van der Waals surface area contributed by atoms with E-state index in [1.165, 1.54) is 0 Å². The van der Waals surface area contributed by atoms with Crippen LogP contribution in [0.1, 0.15) is 15.9 Å². The Morgan fingerprint density at radius 1 is 1.15 bits per heavy atom. The van der Waals surface area contributed by atoms with Crippen molar-refractivity contribution in [3.8, 4) is 0 Å². The van der Waals surface area contributed by atoms with Gasteiger partial charge in [0, 0.05) is 16.6 Å². The molecule has 20 heavy (non-hydrogen) atoms. The zero-order valence-electron chi connectivity index (χ0n) is 10.3. The summed E-state index contributed by atoms with van der Waals surface area (Å²) in [6, 6.07) is 10.5. The van der Waals surface area contributed by atoms with E-state index in [0.717, 1.165) is 10.0 Å². The molecule has 1 amide bonds. The van der Waals surface area contributed by atoms with Crippen LogP contribution in [0.5, 0.6) is 0 Å². The lowest BCUT2D eigenvalue weighted by Gasteiger charge is -2.10. The Kier molecular flexibility index (Phi) is 4.91. The maximum Gasteiger partial charge on any atom is 0.248 e. The molecule has 0 unspecified atom stereocenters. The van der Waals surface area contributed by atoms with E-state index in [4.69, 9.17) is 28.9 Å². The van der Waals surface area contributed by atoms with Gasteiger partial charge in [-0.15, -0.1) is 0 Å². The fourth-order valence-electron chi connectivity index (χ4n) is 1.66. The van der Waals surface area contributed by atoms with Crippen LogP contribution >= 0.6 is 39.1 Å². The van der Waals surface area contributed by atoms with Crippen molar-refractivity contribution in [1.29, 1.82) is 0 Å². The maximum absolute atomic E-state index is 11.1. The SMILES string of the molecule is NC(=O)c1ccc(Cl)c(NCc2ccc(Br)c(Cl)c2)c1. The van der Waals surface area contributed by atoms with Crippen LogP contribution in [-0.2, 0) is 6.54 Å². The summed E-state index contributed by atoms with van der Waals surface area (Å²) in [5.41, 5.74) is 7.31. The number of nitrogens with one attached hydrogen (secondary N) is 1. The summed E-state index contributed by atoms with van der Waals surface area (Å²) in [6.45, 7) is 0.537. The number of benzene rings is 2. The number of rotatable bonds is 4. The normalized spacial score (nSPS) is 10.3. The number of halogens is 3. The first-order chi connectivity index (χ1) is 9.47. The number of carbonyl (C=O) groups excluding carboxylic acids is 1. The van der Waals surface area contributed by atoms with Gasteiger partial charge in [0.15, 0.2) is 0 Å². The molecule has 0 heterocycles. The van der Waals surface area contributed by atoms with E-state index >= 15 is 0 Å². The summed E-state index contributed by atoms with van der Waals surface area (Å²) in [6.07, 6.45) is 0. The fourth-order valence-corrected chi connectivity index (χ4v) is 2.30. The third-order valence-corrected chi connectivity index (χ3v) is 4.28. The van der Waals surface area contributed by atoms with Crippen LogP contribution in [0.25, 0.3) is 0 Å². The molecule has 0 fully saturated rings. The van der Waals surface area contributed by atoms with E-state index in [0.29, 0.717) is 27.8 Å². The molecule has 0 saturated carbocycles. The Balaban J connectivity index is 2.15. The molecular weight excluding hydrogens is 363 g/mol. The van der Waals surface area contributed by atoms with Gasteiger partial charge in [0.25, 0.3) is 0 Å². The molecule has 2 aromatic rings. The molecule has 6 heteroatoms. The van der Waals surface area contributed by atoms with Crippen molar-refractivity contribution < 1.29 is 4.79 Å². The highest BCUT2D eigenvalue weighted by Crippen LogP contribution is 2.26. The van der Waals surface area contributed by atoms with Crippen molar-refractivity contribution in [1.82, 2.24) is 0 Å². The van der Waals surface area contributed by atoms with Gasteiger partial charge in [-0.3, -0.25) is 4.79 Å². The molecule has 0 aliphatic carbocycles. The third kappa shape index (κ3) is 3.66. The Bertz CT molecular complexity index is 662.